The predicted octanol–water partition coefficient (Wildman–Crippen LogP) is 2.22. The van der Waals surface area contributed by atoms with Crippen LogP contribution in [-0.2, 0) is 11.2 Å². The van der Waals surface area contributed by atoms with Gasteiger partial charge in [0.1, 0.15) is 0 Å². The predicted molar refractivity (Wildman–Crippen MR) is 84.1 cm³/mol. The van der Waals surface area contributed by atoms with Crippen molar-refractivity contribution < 1.29 is 9.90 Å². The highest BCUT2D eigenvalue weighted by Gasteiger charge is 2.34. The van der Waals surface area contributed by atoms with Gasteiger partial charge in [0, 0.05) is 37.0 Å². The van der Waals surface area contributed by atoms with Crippen LogP contribution in [0.25, 0.3) is 0 Å². The smallest absolute Gasteiger partial charge is 0.303 e. The maximum atomic E-state index is 10.7. The number of carboxylic acids is 1. The molecule has 2 unspecified atom stereocenters. The molecule has 1 N–H and O–H groups in total. The highest BCUT2D eigenvalue weighted by Crippen LogP contribution is 2.30. The van der Waals surface area contributed by atoms with Crippen LogP contribution < -0.4 is 4.90 Å². The lowest BCUT2D eigenvalue weighted by Gasteiger charge is -2.47. The number of piperidine rings is 1. The Hall–Kier alpha value is -1.14. The average molecular weight is 309 g/mol. The number of aliphatic carboxylic acids is 1. The number of anilines is 1. The van der Waals surface area contributed by atoms with E-state index >= 15 is 0 Å². The molecular weight excluding hydrogens is 286 g/mol. The molecule has 2 aliphatic rings. The molecule has 2 saturated heterocycles. The van der Waals surface area contributed by atoms with Crippen molar-refractivity contribution in [2.24, 2.45) is 0 Å². The summed E-state index contributed by atoms with van der Waals surface area (Å²) < 4.78 is 0. The van der Waals surface area contributed by atoms with Gasteiger partial charge in [-0.1, -0.05) is 6.42 Å². The third kappa shape index (κ3) is 3.37. The van der Waals surface area contributed by atoms with E-state index in [1.165, 1.54) is 25.8 Å². The first kappa shape index (κ1) is 14.8. The number of hydrogen-bond acceptors (Lipinski definition) is 5. The van der Waals surface area contributed by atoms with Crippen LogP contribution in [0.1, 0.15) is 38.3 Å². The first-order chi connectivity index (χ1) is 10.1. The Kier molecular flexibility index (Phi) is 4.45. The number of aryl methyl sites for hydroxylation is 1. The van der Waals surface area contributed by atoms with E-state index < -0.39 is 5.97 Å². The van der Waals surface area contributed by atoms with E-state index in [0.717, 1.165) is 23.9 Å². The van der Waals surface area contributed by atoms with E-state index in [0.29, 0.717) is 18.5 Å². The summed E-state index contributed by atoms with van der Waals surface area (Å²) >= 11 is 1.65. The maximum absolute atomic E-state index is 10.7. The number of nitrogens with zero attached hydrogens (tertiary/aromatic N) is 3. The summed E-state index contributed by atoms with van der Waals surface area (Å²) in [4.78, 5) is 20.4. The number of aromatic nitrogens is 1. The van der Waals surface area contributed by atoms with E-state index in [9.17, 15) is 4.79 Å². The van der Waals surface area contributed by atoms with Gasteiger partial charge in [0.05, 0.1) is 12.1 Å². The van der Waals surface area contributed by atoms with Crippen LogP contribution in [-0.4, -0.2) is 52.7 Å². The Bertz CT molecular complexity index is 505. The monoisotopic (exact) mass is 309 g/mol. The zero-order chi connectivity index (χ0) is 14.8. The van der Waals surface area contributed by atoms with Gasteiger partial charge in [0.25, 0.3) is 0 Å². The van der Waals surface area contributed by atoms with Gasteiger partial charge in [-0.05, 0) is 26.3 Å². The lowest BCUT2D eigenvalue weighted by Crippen LogP contribution is -2.58. The number of rotatable bonds is 4. The van der Waals surface area contributed by atoms with Gasteiger partial charge in [-0.15, -0.1) is 11.3 Å². The molecule has 0 saturated carbocycles. The number of thiazole rings is 1. The second-order valence-electron chi connectivity index (χ2n) is 6.16. The molecule has 2 fully saturated rings. The molecular formula is C15H23N3O2S. The van der Waals surface area contributed by atoms with E-state index in [1.54, 1.807) is 11.3 Å². The van der Waals surface area contributed by atoms with Gasteiger partial charge >= 0.3 is 5.97 Å². The molecule has 0 aliphatic carbocycles. The van der Waals surface area contributed by atoms with Crippen LogP contribution in [0.15, 0.2) is 5.38 Å². The summed E-state index contributed by atoms with van der Waals surface area (Å²) in [5, 5.41) is 11.8. The van der Waals surface area contributed by atoms with Crippen molar-refractivity contribution in [1.29, 1.82) is 0 Å². The molecule has 116 valence electrons. The SMILES string of the molecule is CC1CN2CCCCC2CN1c1nc(CCC(=O)O)cs1. The zero-order valence-corrected chi connectivity index (χ0v) is 13.3. The second-order valence-corrected chi connectivity index (χ2v) is 7.00. The fourth-order valence-electron chi connectivity index (χ4n) is 3.40. The number of hydrogen-bond donors (Lipinski definition) is 1. The van der Waals surface area contributed by atoms with Crippen LogP contribution >= 0.6 is 11.3 Å². The van der Waals surface area contributed by atoms with Crippen molar-refractivity contribution in [3.05, 3.63) is 11.1 Å². The maximum Gasteiger partial charge on any atom is 0.303 e. The van der Waals surface area contributed by atoms with Crippen LogP contribution in [0, 0.1) is 0 Å². The van der Waals surface area contributed by atoms with Crippen molar-refractivity contribution in [2.75, 3.05) is 24.5 Å². The highest BCUT2D eigenvalue weighted by molar-refractivity contribution is 7.13. The van der Waals surface area contributed by atoms with E-state index in [4.69, 9.17) is 5.11 Å². The minimum atomic E-state index is -0.756. The van der Waals surface area contributed by atoms with Crippen molar-refractivity contribution in [2.45, 2.75) is 51.1 Å². The van der Waals surface area contributed by atoms with Crippen LogP contribution in [0.3, 0.4) is 0 Å². The molecule has 6 heteroatoms. The summed E-state index contributed by atoms with van der Waals surface area (Å²) in [6.07, 6.45) is 4.66. The quantitative estimate of drug-likeness (QED) is 0.924. The number of piperazine rings is 1. The highest BCUT2D eigenvalue weighted by atomic mass is 32.1. The second kappa shape index (κ2) is 6.32. The molecule has 21 heavy (non-hydrogen) atoms. The van der Waals surface area contributed by atoms with Crippen LogP contribution in [0.2, 0.25) is 0 Å². The van der Waals surface area contributed by atoms with E-state index in [2.05, 4.69) is 21.7 Å². The average Bonchev–Trinajstić information content (AvgIpc) is 2.93. The molecule has 1 aromatic heterocycles. The standard InChI is InChI=1S/C15H23N3O2S/c1-11-8-17-7-3-2-4-13(17)9-18(11)15-16-12(10-21-15)5-6-14(19)20/h10-11,13H,2-9H2,1H3,(H,19,20). The minimum Gasteiger partial charge on any atom is -0.481 e. The van der Waals surface area contributed by atoms with Gasteiger partial charge in [-0.3, -0.25) is 9.69 Å². The summed E-state index contributed by atoms with van der Waals surface area (Å²) in [5.41, 5.74) is 0.913. The van der Waals surface area contributed by atoms with Crippen molar-refractivity contribution in [3.63, 3.8) is 0 Å². The first-order valence-corrected chi connectivity index (χ1v) is 8.68. The van der Waals surface area contributed by atoms with Gasteiger partial charge in [0.15, 0.2) is 5.13 Å². The van der Waals surface area contributed by atoms with Crippen molar-refractivity contribution in [3.8, 4) is 0 Å². The molecule has 0 spiro atoms. The fourth-order valence-corrected chi connectivity index (χ4v) is 4.37. The Morgan fingerprint density at radius 1 is 1.48 bits per heavy atom. The summed E-state index contributed by atoms with van der Waals surface area (Å²) in [7, 11) is 0. The topological polar surface area (TPSA) is 56.7 Å². The summed E-state index contributed by atoms with van der Waals surface area (Å²) in [5.74, 6) is -0.756. The van der Waals surface area contributed by atoms with Gasteiger partial charge in [0.2, 0.25) is 0 Å². The van der Waals surface area contributed by atoms with Gasteiger partial charge < -0.3 is 10.0 Å². The Morgan fingerprint density at radius 3 is 3.14 bits per heavy atom. The first-order valence-electron chi connectivity index (χ1n) is 7.80. The lowest BCUT2D eigenvalue weighted by molar-refractivity contribution is -0.136. The van der Waals surface area contributed by atoms with Crippen molar-refractivity contribution in [1.82, 2.24) is 9.88 Å². The number of carbonyl (C=O) groups is 1. The Labute approximate surface area is 129 Å². The van der Waals surface area contributed by atoms with Gasteiger partial charge in [-0.2, -0.15) is 0 Å². The normalized spacial score (nSPS) is 26.6. The van der Waals surface area contributed by atoms with Crippen LogP contribution in [0.4, 0.5) is 5.13 Å². The molecule has 3 heterocycles. The van der Waals surface area contributed by atoms with Gasteiger partial charge in [-0.25, -0.2) is 4.98 Å². The number of carboxylic acid groups (broad SMARTS) is 1. The zero-order valence-electron chi connectivity index (χ0n) is 12.5. The third-order valence-electron chi connectivity index (χ3n) is 4.57. The molecule has 0 amide bonds. The summed E-state index contributed by atoms with van der Waals surface area (Å²) in [6.45, 7) is 5.69. The Balaban J connectivity index is 1.66. The molecule has 5 nitrogen and oxygen atoms in total. The van der Waals surface area contributed by atoms with E-state index in [-0.39, 0.29) is 6.42 Å². The molecule has 1 aromatic rings. The summed E-state index contributed by atoms with van der Waals surface area (Å²) in [6, 6.07) is 1.15. The molecule has 0 aromatic carbocycles. The molecule has 2 atom stereocenters. The molecule has 0 bridgehead atoms. The molecule has 2 aliphatic heterocycles. The van der Waals surface area contributed by atoms with Crippen LogP contribution in [0.5, 0.6) is 0 Å². The largest absolute Gasteiger partial charge is 0.481 e. The Morgan fingerprint density at radius 2 is 2.33 bits per heavy atom. The fraction of sp³-hybridized carbons (Fsp3) is 0.733. The lowest BCUT2D eigenvalue weighted by atomic mass is 9.97. The molecule has 0 radical (unpaired) electrons. The van der Waals surface area contributed by atoms with Crippen molar-refractivity contribution >= 4 is 22.4 Å². The minimum absolute atomic E-state index is 0.162. The molecule has 3 rings (SSSR count). The number of fused-ring (bicyclic) bond motifs is 1. The third-order valence-corrected chi connectivity index (χ3v) is 5.49. The van der Waals surface area contributed by atoms with E-state index in [1.807, 2.05) is 5.38 Å².